The monoisotopic (exact) mass is 268 g/mol. The number of hydrogen-bond acceptors (Lipinski definition) is 4. The second-order valence-electron chi connectivity index (χ2n) is 6.66. The first-order valence-electron chi connectivity index (χ1n) is 7.27. The van der Waals surface area contributed by atoms with Crippen LogP contribution < -0.4 is 11.1 Å². The van der Waals surface area contributed by atoms with Crippen LogP contribution in [0.5, 0.6) is 0 Å². The molecule has 1 saturated carbocycles. The first-order valence-corrected chi connectivity index (χ1v) is 7.27. The summed E-state index contributed by atoms with van der Waals surface area (Å²) in [6.07, 6.45) is 3.00. The van der Waals surface area contributed by atoms with E-state index in [1.165, 1.54) is 0 Å². The van der Waals surface area contributed by atoms with E-state index in [0.29, 0.717) is 6.61 Å². The SMILES string of the molecule is CC1(C)C2OCCC2C1(N)C(=O)NC1CCCOC1. The molecular weight excluding hydrogens is 244 g/mol. The number of rotatable bonds is 2. The van der Waals surface area contributed by atoms with E-state index in [-0.39, 0.29) is 29.4 Å². The van der Waals surface area contributed by atoms with Crippen molar-refractivity contribution in [2.24, 2.45) is 17.1 Å². The van der Waals surface area contributed by atoms with Crippen molar-refractivity contribution in [1.82, 2.24) is 5.32 Å². The zero-order chi connectivity index (χ0) is 13.7. The molecule has 0 radical (unpaired) electrons. The molecule has 0 spiro atoms. The maximum absolute atomic E-state index is 12.6. The van der Waals surface area contributed by atoms with Crippen molar-refractivity contribution >= 4 is 5.91 Å². The van der Waals surface area contributed by atoms with Crippen LogP contribution in [-0.2, 0) is 14.3 Å². The highest BCUT2D eigenvalue weighted by Crippen LogP contribution is 2.58. The zero-order valence-corrected chi connectivity index (χ0v) is 11.8. The molecule has 0 bridgehead atoms. The van der Waals surface area contributed by atoms with Crippen molar-refractivity contribution in [1.29, 1.82) is 0 Å². The number of ether oxygens (including phenoxy) is 2. The number of carbonyl (C=O) groups excluding carboxylic acids is 1. The third-order valence-corrected chi connectivity index (χ3v) is 5.33. The highest BCUT2D eigenvalue weighted by molar-refractivity contribution is 5.89. The molecule has 3 N–H and O–H groups in total. The van der Waals surface area contributed by atoms with Crippen molar-refractivity contribution in [3.05, 3.63) is 0 Å². The average Bonchev–Trinajstić information content (AvgIpc) is 2.87. The first kappa shape index (κ1) is 13.3. The molecular formula is C14H24N2O3. The number of amides is 1. The van der Waals surface area contributed by atoms with Crippen LogP contribution >= 0.6 is 0 Å². The summed E-state index contributed by atoms with van der Waals surface area (Å²) in [5.41, 5.74) is 5.40. The maximum Gasteiger partial charge on any atom is 0.241 e. The predicted molar refractivity (Wildman–Crippen MR) is 70.5 cm³/mol. The lowest BCUT2D eigenvalue weighted by atomic mass is 9.48. The van der Waals surface area contributed by atoms with Gasteiger partial charge in [0.1, 0.15) is 5.54 Å². The fourth-order valence-electron chi connectivity index (χ4n) is 4.00. The Morgan fingerprint density at radius 2 is 2.11 bits per heavy atom. The Balaban J connectivity index is 1.71. The Kier molecular flexibility index (Phi) is 3.11. The Labute approximate surface area is 114 Å². The minimum atomic E-state index is -0.800. The van der Waals surface area contributed by atoms with Crippen LogP contribution in [0.2, 0.25) is 0 Å². The van der Waals surface area contributed by atoms with E-state index in [1.807, 2.05) is 13.8 Å². The fraction of sp³-hybridized carbons (Fsp3) is 0.929. The molecule has 4 unspecified atom stereocenters. The van der Waals surface area contributed by atoms with Gasteiger partial charge in [0.05, 0.1) is 18.8 Å². The van der Waals surface area contributed by atoms with Crippen LogP contribution in [0.3, 0.4) is 0 Å². The van der Waals surface area contributed by atoms with Crippen LogP contribution in [-0.4, -0.2) is 43.4 Å². The van der Waals surface area contributed by atoms with Crippen LogP contribution in [0.4, 0.5) is 0 Å². The summed E-state index contributed by atoms with van der Waals surface area (Å²) in [6.45, 7) is 6.20. The maximum atomic E-state index is 12.6. The summed E-state index contributed by atoms with van der Waals surface area (Å²) in [5.74, 6) is 0.131. The van der Waals surface area contributed by atoms with E-state index in [0.717, 1.165) is 32.5 Å². The summed E-state index contributed by atoms with van der Waals surface area (Å²) < 4.78 is 11.1. The van der Waals surface area contributed by atoms with E-state index in [4.69, 9.17) is 15.2 Å². The number of nitrogens with two attached hydrogens (primary N) is 1. The van der Waals surface area contributed by atoms with Gasteiger partial charge in [0.2, 0.25) is 5.91 Å². The number of carbonyl (C=O) groups is 1. The number of nitrogens with one attached hydrogen (secondary N) is 1. The third-order valence-electron chi connectivity index (χ3n) is 5.33. The van der Waals surface area contributed by atoms with Gasteiger partial charge in [-0.25, -0.2) is 0 Å². The van der Waals surface area contributed by atoms with Crippen LogP contribution in [0.15, 0.2) is 0 Å². The van der Waals surface area contributed by atoms with Gasteiger partial charge >= 0.3 is 0 Å². The summed E-state index contributed by atoms with van der Waals surface area (Å²) >= 11 is 0. The van der Waals surface area contributed by atoms with Gasteiger partial charge in [-0.05, 0) is 19.3 Å². The van der Waals surface area contributed by atoms with Crippen LogP contribution in [0, 0.1) is 11.3 Å². The molecule has 0 aromatic heterocycles. The van der Waals surface area contributed by atoms with Gasteiger partial charge in [-0.2, -0.15) is 0 Å². The normalized spacial score (nSPS) is 44.3. The standard InChI is InChI=1S/C14H24N2O3/c1-13(2)11-10(5-7-19-11)14(13,15)12(17)16-9-4-3-6-18-8-9/h9-11H,3-8,15H2,1-2H3,(H,16,17). The van der Waals surface area contributed by atoms with Gasteiger partial charge in [0.25, 0.3) is 0 Å². The minimum Gasteiger partial charge on any atom is -0.379 e. The Bertz CT molecular complexity index is 379. The molecule has 1 aliphatic carbocycles. The van der Waals surface area contributed by atoms with Gasteiger partial charge < -0.3 is 20.5 Å². The topological polar surface area (TPSA) is 73.6 Å². The van der Waals surface area contributed by atoms with Gasteiger partial charge in [0.15, 0.2) is 0 Å². The molecule has 5 nitrogen and oxygen atoms in total. The van der Waals surface area contributed by atoms with Gasteiger partial charge in [-0.15, -0.1) is 0 Å². The van der Waals surface area contributed by atoms with E-state index < -0.39 is 5.54 Å². The van der Waals surface area contributed by atoms with Crippen LogP contribution in [0.1, 0.15) is 33.1 Å². The average molecular weight is 268 g/mol. The summed E-state index contributed by atoms with van der Waals surface area (Å²) in [5, 5.41) is 3.09. The molecule has 5 heteroatoms. The van der Waals surface area contributed by atoms with E-state index in [2.05, 4.69) is 5.32 Å². The molecule has 3 aliphatic rings. The summed E-state index contributed by atoms with van der Waals surface area (Å²) in [4.78, 5) is 12.6. The van der Waals surface area contributed by atoms with Crippen molar-refractivity contribution in [3.63, 3.8) is 0 Å². The molecule has 3 fully saturated rings. The van der Waals surface area contributed by atoms with Crippen molar-refractivity contribution < 1.29 is 14.3 Å². The van der Waals surface area contributed by atoms with Crippen LogP contribution in [0.25, 0.3) is 0 Å². The van der Waals surface area contributed by atoms with Gasteiger partial charge in [0, 0.05) is 24.5 Å². The predicted octanol–water partition coefficient (Wildman–Crippen LogP) is 0.424. The molecule has 4 atom stereocenters. The molecule has 0 aromatic carbocycles. The Morgan fingerprint density at radius 1 is 1.32 bits per heavy atom. The van der Waals surface area contributed by atoms with E-state index in [1.54, 1.807) is 0 Å². The zero-order valence-electron chi connectivity index (χ0n) is 11.8. The molecule has 0 aromatic rings. The molecule has 19 heavy (non-hydrogen) atoms. The van der Waals surface area contributed by atoms with Crippen molar-refractivity contribution in [2.75, 3.05) is 19.8 Å². The molecule has 2 saturated heterocycles. The number of hydrogen-bond donors (Lipinski definition) is 2. The Morgan fingerprint density at radius 3 is 2.79 bits per heavy atom. The minimum absolute atomic E-state index is 0.0280. The van der Waals surface area contributed by atoms with Gasteiger partial charge in [-0.1, -0.05) is 13.8 Å². The highest BCUT2D eigenvalue weighted by Gasteiger charge is 2.71. The van der Waals surface area contributed by atoms with Crippen molar-refractivity contribution in [2.45, 2.75) is 50.8 Å². The van der Waals surface area contributed by atoms with Gasteiger partial charge in [-0.3, -0.25) is 4.79 Å². The summed E-state index contributed by atoms with van der Waals surface area (Å²) in [6, 6.07) is 0.110. The molecule has 3 rings (SSSR count). The lowest BCUT2D eigenvalue weighted by Crippen LogP contribution is -2.80. The smallest absolute Gasteiger partial charge is 0.241 e. The third kappa shape index (κ3) is 1.75. The Hall–Kier alpha value is -0.650. The lowest BCUT2D eigenvalue weighted by molar-refractivity contribution is -0.176. The number of fused-ring (bicyclic) bond motifs is 1. The lowest BCUT2D eigenvalue weighted by Gasteiger charge is -2.60. The fourth-order valence-corrected chi connectivity index (χ4v) is 4.00. The quantitative estimate of drug-likeness (QED) is 0.761. The summed E-state index contributed by atoms with van der Waals surface area (Å²) in [7, 11) is 0. The molecule has 2 aliphatic heterocycles. The van der Waals surface area contributed by atoms with E-state index in [9.17, 15) is 4.79 Å². The second kappa shape index (κ2) is 4.43. The van der Waals surface area contributed by atoms with Crippen molar-refractivity contribution in [3.8, 4) is 0 Å². The second-order valence-corrected chi connectivity index (χ2v) is 6.66. The molecule has 2 heterocycles. The molecule has 1 amide bonds. The van der Waals surface area contributed by atoms with E-state index >= 15 is 0 Å². The first-order chi connectivity index (χ1) is 8.98. The highest BCUT2D eigenvalue weighted by atomic mass is 16.5. The molecule has 108 valence electrons. The largest absolute Gasteiger partial charge is 0.379 e.